The molecule has 0 aromatic carbocycles. The highest BCUT2D eigenvalue weighted by atomic mass is 16.6. The largest absolute Gasteiger partial charge is 0.389 e. The lowest BCUT2D eigenvalue weighted by atomic mass is 9.70. The molecule has 0 bridgehead atoms. The van der Waals surface area contributed by atoms with Crippen molar-refractivity contribution in [1.82, 2.24) is 19.6 Å². The smallest absolute Gasteiger partial charge is 0.257 e. The molecule has 4 spiro atoms. The van der Waals surface area contributed by atoms with Crippen LogP contribution in [0.25, 0.3) is 0 Å². The molecule has 0 aromatic heterocycles. The summed E-state index contributed by atoms with van der Waals surface area (Å²) >= 11 is 0. The molecule has 2 saturated carbocycles. The van der Waals surface area contributed by atoms with Gasteiger partial charge < -0.3 is 34.2 Å². The minimum Gasteiger partial charge on any atom is -0.389 e. The van der Waals surface area contributed by atoms with E-state index in [0.29, 0.717) is 51.4 Å². The molecule has 4 heterocycles. The number of rotatable bonds is 4. The lowest BCUT2D eigenvalue weighted by Crippen LogP contribution is -2.68. The Kier molecular flexibility index (Phi) is 14.7. The molecule has 4 amide bonds. The van der Waals surface area contributed by atoms with Crippen molar-refractivity contribution in [2.75, 3.05) is 13.1 Å². The molecule has 2 aliphatic carbocycles. The monoisotopic (exact) mass is 869 g/mol. The second-order valence-corrected chi connectivity index (χ2v) is 23.6. The molecule has 62 heavy (non-hydrogen) atoms. The Bertz CT molecular complexity index is 1440. The number of carbonyl (C=O) groups is 4. The van der Waals surface area contributed by atoms with Gasteiger partial charge in [-0.25, -0.2) is 0 Å². The number of carbonyl (C=O) groups excluding carboxylic acids is 4. The predicted molar refractivity (Wildman–Crippen MR) is 244 cm³/mol. The van der Waals surface area contributed by atoms with Gasteiger partial charge in [-0.15, -0.1) is 0 Å². The maximum Gasteiger partial charge on any atom is 0.257 e. The molecule has 11 heteroatoms. The van der Waals surface area contributed by atoms with E-state index in [1.807, 2.05) is 19.6 Å². The van der Waals surface area contributed by atoms with Crippen LogP contribution < -0.4 is 0 Å². The zero-order valence-corrected chi connectivity index (χ0v) is 41.1. The van der Waals surface area contributed by atoms with Crippen LogP contribution in [0.1, 0.15) is 236 Å². The average molecular weight is 869 g/mol. The fraction of sp³-hybridized carbons (Fsp3) is 0.922. The van der Waals surface area contributed by atoms with Crippen molar-refractivity contribution >= 4 is 23.6 Å². The van der Waals surface area contributed by atoms with E-state index in [4.69, 9.17) is 9.47 Å². The summed E-state index contributed by atoms with van der Waals surface area (Å²) in [7, 11) is 0. The highest BCUT2D eigenvalue weighted by molar-refractivity contribution is 5.90. The van der Waals surface area contributed by atoms with Crippen molar-refractivity contribution in [3.63, 3.8) is 0 Å². The van der Waals surface area contributed by atoms with E-state index >= 15 is 9.59 Å². The molecule has 4 aliphatic heterocycles. The molecule has 6 aliphatic rings. The van der Waals surface area contributed by atoms with Crippen molar-refractivity contribution < 1.29 is 33.8 Å². The van der Waals surface area contributed by atoms with Crippen LogP contribution in [0.3, 0.4) is 0 Å². The first-order chi connectivity index (χ1) is 29.0. The number of aliphatic hydroxyl groups excluding tert-OH is 1. The molecular weight excluding hydrogens is 781 g/mol. The van der Waals surface area contributed by atoms with E-state index < -0.39 is 50.9 Å². The molecule has 11 nitrogen and oxygen atoms in total. The van der Waals surface area contributed by atoms with E-state index in [2.05, 4.69) is 55.4 Å². The summed E-state index contributed by atoms with van der Waals surface area (Å²) in [4.78, 5) is 65.2. The predicted octanol–water partition coefficient (Wildman–Crippen LogP) is 9.94. The quantitative estimate of drug-likeness (QED) is 0.299. The van der Waals surface area contributed by atoms with Gasteiger partial charge in [-0.2, -0.15) is 0 Å². The minimum absolute atomic E-state index is 0.0112. The molecule has 0 aromatic rings. The van der Waals surface area contributed by atoms with Crippen LogP contribution in [0.15, 0.2) is 0 Å². The van der Waals surface area contributed by atoms with Crippen LogP contribution in [0.2, 0.25) is 0 Å². The van der Waals surface area contributed by atoms with Crippen molar-refractivity contribution in [2.24, 2.45) is 0 Å². The normalized spacial score (nSPS) is 28.8. The molecule has 1 N–H and O–H groups in total. The van der Waals surface area contributed by atoms with Crippen LogP contribution in [0, 0.1) is 0 Å². The summed E-state index contributed by atoms with van der Waals surface area (Å²) in [6, 6.07) is 0. The second kappa shape index (κ2) is 18.6. The molecule has 0 radical (unpaired) electrons. The number of hydrogen-bond donors (Lipinski definition) is 1. The summed E-state index contributed by atoms with van der Waals surface area (Å²) in [5, 5.41) is 12.7. The van der Waals surface area contributed by atoms with Crippen molar-refractivity contribution in [1.29, 1.82) is 0 Å². The van der Waals surface area contributed by atoms with Crippen LogP contribution in [0.4, 0.5) is 0 Å². The van der Waals surface area contributed by atoms with Gasteiger partial charge in [0.25, 0.3) is 11.8 Å². The Labute approximate surface area is 376 Å². The Morgan fingerprint density at radius 3 is 0.919 bits per heavy atom. The van der Waals surface area contributed by atoms with Gasteiger partial charge in [-0.05, 0) is 107 Å². The molecule has 0 atom stereocenters. The zero-order chi connectivity index (χ0) is 45.4. The van der Waals surface area contributed by atoms with E-state index in [-0.39, 0.29) is 36.7 Å². The first-order valence-electron chi connectivity index (χ1n) is 25.3. The number of piperidine rings is 2. The van der Waals surface area contributed by atoms with E-state index in [1.165, 1.54) is 38.5 Å². The van der Waals surface area contributed by atoms with Crippen LogP contribution in [-0.4, -0.2) is 112 Å². The average Bonchev–Trinajstić information content (AvgIpc) is 3.44. The SMILES string of the molecule is CC(=O)N1C(C)(C)CC2(CC1(C)C)OC1(CCCCCCCCCCC1)N(CC(O)CN1C(=O)C3(CC(C)(C)N(C(C)=O)C(C)(C)C3)OC13CCCCCCCCCCC3)C2=O. The van der Waals surface area contributed by atoms with Gasteiger partial charge in [0, 0.05) is 61.7 Å². The fourth-order valence-corrected chi connectivity index (χ4v) is 14.9. The third-order valence-electron chi connectivity index (χ3n) is 16.0. The maximum absolute atomic E-state index is 15.5. The number of aliphatic hydroxyl groups is 1. The third kappa shape index (κ3) is 9.81. The summed E-state index contributed by atoms with van der Waals surface area (Å²) in [5.74, 6) is -0.200. The molecule has 6 fully saturated rings. The first kappa shape index (κ1) is 49.2. The van der Waals surface area contributed by atoms with Gasteiger partial charge in [0.2, 0.25) is 11.8 Å². The molecule has 4 saturated heterocycles. The highest BCUT2D eigenvalue weighted by Crippen LogP contribution is 2.56. The fourth-order valence-electron chi connectivity index (χ4n) is 14.9. The van der Waals surface area contributed by atoms with E-state index in [9.17, 15) is 14.7 Å². The second-order valence-electron chi connectivity index (χ2n) is 23.6. The Hall–Kier alpha value is -2.24. The summed E-state index contributed by atoms with van der Waals surface area (Å²) in [6.07, 6.45) is 23.3. The Balaban J connectivity index is 1.37. The lowest BCUT2D eigenvalue weighted by Gasteiger charge is -2.57. The maximum atomic E-state index is 15.5. The molecular formula is C51H88N4O7. The van der Waals surface area contributed by atoms with Gasteiger partial charge >= 0.3 is 0 Å². The highest BCUT2D eigenvalue weighted by Gasteiger charge is 2.69. The summed E-state index contributed by atoms with van der Waals surface area (Å²) in [6.45, 7) is 19.8. The number of nitrogens with zero attached hydrogens (tertiary/aromatic N) is 4. The third-order valence-corrected chi connectivity index (χ3v) is 16.0. The lowest BCUT2D eigenvalue weighted by molar-refractivity contribution is -0.205. The van der Waals surface area contributed by atoms with Gasteiger partial charge in [-0.1, -0.05) is 89.9 Å². The van der Waals surface area contributed by atoms with Gasteiger partial charge in [0.1, 0.15) is 11.4 Å². The van der Waals surface area contributed by atoms with Crippen molar-refractivity contribution in [3.05, 3.63) is 0 Å². The number of likely N-dealkylation sites (tertiary alicyclic amines) is 2. The Morgan fingerprint density at radius 1 is 0.468 bits per heavy atom. The van der Waals surface area contributed by atoms with Gasteiger partial charge in [0.05, 0.1) is 19.2 Å². The standard InChI is InChI=1S/C51H88N4O7/c1-39(56)54-44(3,4)35-48(36-45(54,5)6)42(59)52(50(61-48)29-25-21-17-13-11-14-18-22-26-30-50)33-41(58)34-53-43(60)49(37-46(7,8)55(40(2)57)47(9,10)38-49)62-51(53)31-27-23-19-15-12-16-20-24-28-32-51/h41,58H,11-38H2,1-10H3. The van der Waals surface area contributed by atoms with Crippen LogP contribution in [0.5, 0.6) is 0 Å². The van der Waals surface area contributed by atoms with Gasteiger partial charge in [-0.3, -0.25) is 19.2 Å². The zero-order valence-electron chi connectivity index (χ0n) is 41.1. The van der Waals surface area contributed by atoms with Crippen LogP contribution in [-0.2, 0) is 28.7 Å². The van der Waals surface area contributed by atoms with Crippen molar-refractivity contribution in [3.8, 4) is 0 Å². The van der Waals surface area contributed by atoms with Crippen LogP contribution >= 0.6 is 0 Å². The van der Waals surface area contributed by atoms with E-state index in [1.54, 1.807) is 13.8 Å². The molecule has 6 rings (SSSR count). The van der Waals surface area contributed by atoms with Gasteiger partial charge in [0.15, 0.2) is 11.2 Å². The number of amides is 4. The topological polar surface area (TPSA) is 120 Å². The van der Waals surface area contributed by atoms with Crippen molar-refractivity contribution in [2.45, 2.75) is 287 Å². The minimum atomic E-state index is -1.15. The Morgan fingerprint density at radius 2 is 0.694 bits per heavy atom. The summed E-state index contributed by atoms with van der Waals surface area (Å²) < 4.78 is 15.0. The summed E-state index contributed by atoms with van der Waals surface area (Å²) in [5.41, 5.74) is -6.66. The van der Waals surface area contributed by atoms with E-state index in [0.717, 1.165) is 77.0 Å². The first-order valence-corrected chi connectivity index (χ1v) is 25.3. The number of β-amino-alcohol motifs (C(OH)–C–C–N with tert-alkyl or cyclic N) is 1. The number of ether oxygens (including phenoxy) is 2. The molecule has 0 unspecified atom stereocenters. The molecule has 354 valence electrons. The number of hydrogen-bond acceptors (Lipinski definition) is 7.